The third-order valence-electron chi connectivity index (χ3n) is 4.55. The van der Waals surface area contributed by atoms with Crippen LogP contribution in [-0.4, -0.2) is 21.2 Å². The quantitative estimate of drug-likeness (QED) is 0.404. The summed E-state index contributed by atoms with van der Waals surface area (Å²) in [4.78, 5) is 16.4. The van der Waals surface area contributed by atoms with Crippen molar-refractivity contribution in [3.8, 4) is 22.8 Å². The van der Waals surface area contributed by atoms with Gasteiger partial charge < -0.3 is 13.6 Å². The van der Waals surface area contributed by atoms with E-state index in [0.29, 0.717) is 24.0 Å². The summed E-state index contributed by atoms with van der Waals surface area (Å²) >= 11 is 0. The van der Waals surface area contributed by atoms with Crippen molar-refractivity contribution < 1.29 is 18.4 Å². The van der Waals surface area contributed by atoms with E-state index < -0.39 is 12.1 Å². The lowest BCUT2D eigenvalue weighted by atomic mass is 10.1. The number of esters is 1. The molecule has 0 fully saturated rings. The summed E-state index contributed by atoms with van der Waals surface area (Å²) in [6.07, 6.45) is 1.49. The number of carbonyl (C=O) groups is 1. The molecule has 0 bridgehead atoms. The molecule has 152 valence electrons. The highest BCUT2D eigenvalue weighted by Crippen LogP contribution is 2.24. The SMILES string of the molecule is Cc1ccc(-c2nnc(C(C)OC(=O)CCc3ncc(-c4ccccc4)o3)o2)cc1. The van der Waals surface area contributed by atoms with Gasteiger partial charge in [0.05, 0.1) is 12.6 Å². The van der Waals surface area contributed by atoms with Gasteiger partial charge in [0, 0.05) is 17.5 Å². The summed E-state index contributed by atoms with van der Waals surface area (Å²) in [5.41, 5.74) is 2.90. The lowest BCUT2D eigenvalue weighted by Crippen LogP contribution is -2.10. The Bertz CT molecular complexity index is 1120. The van der Waals surface area contributed by atoms with Crippen LogP contribution in [-0.2, 0) is 16.0 Å². The molecular weight excluding hydrogens is 382 g/mol. The van der Waals surface area contributed by atoms with E-state index in [0.717, 1.165) is 16.7 Å². The van der Waals surface area contributed by atoms with Crippen molar-refractivity contribution in [3.63, 3.8) is 0 Å². The van der Waals surface area contributed by atoms with Crippen molar-refractivity contribution in [2.45, 2.75) is 32.8 Å². The van der Waals surface area contributed by atoms with Gasteiger partial charge in [-0.3, -0.25) is 4.79 Å². The van der Waals surface area contributed by atoms with E-state index in [2.05, 4.69) is 15.2 Å². The summed E-state index contributed by atoms with van der Waals surface area (Å²) in [6.45, 7) is 3.70. The Morgan fingerprint density at radius 1 is 1.00 bits per heavy atom. The van der Waals surface area contributed by atoms with Crippen LogP contribution in [0.2, 0.25) is 0 Å². The molecule has 0 amide bonds. The first kappa shape index (κ1) is 19.6. The van der Waals surface area contributed by atoms with Crippen molar-refractivity contribution in [1.82, 2.24) is 15.2 Å². The van der Waals surface area contributed by atoms with E-state index in [1.54, 1.807) is 13.1 Å². The molecule has 0 saturated carbocycles. The van der Waals surface area contributed by atoms with E-state index in [1.807, 2.05) is 61.5 Å². The standard InChI is InChI=1S/C23H21N3O4/c1-15-8-10-18(11-9-15)23-26-25-22(30-23)16(2)28-21(27)13-12-20-24-14-19(29-20)17-6-4-3-5-7-17/h3-11,14,16H,12-13H2,1-2H3. The van der Waals surface area contributed by atoms with E-state index in [1.165, 1.54) is 0 Å². The topological polar surface area (TPSA) is 91.2 Å². The zero-order valence-corrected chi connectivity index (χ0v) is 16.7. The number of hydrogen-bond acceptors (Lipinski definition) is 7. The van der Waals surface area contributed by atoms with Crippen molar-refractivity contribution >= 4 is 5.97 Å². The van der Waals surface area contributed by atoms with Crippen LogP contribution in [0.5, 0.6) is 0 Å². The van der Waals surface area contributed by atoms with Gasteiger partial charge in [0.15, 0.2) is 17.8 Å². The largest absolute Gasteiger partial charge is 0.453 e. The molecule has 1 unspecified atom stereocenters. The van der Waals surface area contributed by atoms with Crippen molar-refractivity contribution in [3.05, 3.63) is 78.1 Å². The molecule has 2 heterocycles. The number of carbonyl (C=O) groups excluding carboxylic acids is 1. The Balaban J connectivity index is 1.31. The average Bonchev–Trinajstić information content (AvgIpc) is 3.44. The van der Waals surface area contributed by atoms with Gasteiger partial charge in [-0.25, -0.2) is 4.98 Å². The number of aromatic nitrogens is 3. The van der Waals surface area contributed by atoms with Crippen LogP contribution in [0.3, 0.4) is 0 Å². The highest BCUT2D eigenvalue weighted by atomic mass is 16.6. The summed E-state index contributed by atoms with van der Waals surface area (Å²) in [7, 11) is 0. The summed E-state index contributed by atoms with van der Waals surface area (Å²) < 4.78 is 16.8. The van der Waals surface area contributed by atoms with Gasteiger partial charge in [0.2, 0.25) is 5.89 Å². The lowest BCUT2D eigenvalue weighted by molar-refractivity contribution is -0.149. The van der Waals surface area contributed by atoms with Crippen LogP contribution in [0.4, 0.5) is 0 Å². The maximum Gasteiger partial charge on any atom is 0.307 e. The molecule has 30 heavy (non-hydrogen) atoms. The molecule has 0 spiro atoms. The van der Waals surface area contributed by atoms with Gasteiger partial charge in [-0.05, 0) is 26.0 Å². The lowest BCUT2D eigenvalue weighted by Gasteiger charge is -2.08. The number of hydrogen-bond donors (Lipinski definition) is 0. The van der Waals surface area contributed by atoms with Crippen LogP contribution in [0.25, 0.3) is 22.8 Å². The molecule has 0 radical (unpaired) electrons. The van der Waals surface area contributed by atoms with Gasteiger partial charge in [0.25, 0.3) is 5.89 Å². The Hall–Kier alpha value is -3.74. The van der Waals surface area contributed by atoms with E-state index in [4.69, 9.17) is 13.6 Å². The number of rotatable bonds is 7. The minimum atomic E-state index is -0.645. The highest BCUT2D eigenvalue weighted by molar-refractivity contribution is 5.69. The summed E-state index contributed by atoms with van der Waals surface area (Å²) in [6, 6.07) is 17.4. The Morgan fingerprint density at radius 2 is 1.77 bits per heavy atom. The van der Waals surface area contributed by atoms with E-state index in [-0.39, 0.29) is 12.3 Å². The van der Waals surface area contributed by atoms with Gasteiger partial charge in [-0.1, -0.05) is 48.0 Å². The fraction of sp³-hybridized carbons (Fsp3) is 0.217. The molecule has 0 aliphatic rings. The Kier molecular flexibility index (Phi) is 5.70. The normalized spacial score (nSPS) is 11.9. The summed E-state index contributed by atoms with van der Waals surface area (Å²) in [5.74, 6) is 1.40. The Morgan fingerprint density at radius 3 is 2.53 bits per heavy atom. The number of benzene rings is 2. The predicted octanol–water partition coefficient (Wildman–Crippen LogP) is 4.94. The maximum absolute atomic E-state index is 12.2. The minimum Gasteiger partial charge on any atom is -0.453 e. The second-order valence-corrected chi connectivity index (χ2v) is 6.93. The highest BCUT2D eigenvalue weighted by Gasteiger charge is 2.19. The monoisotopic (exact) mass is 403 g/mol. The molecule has 0 saturated heterocycles. The zero-order chi connectivity index (χ0) is 20.9. The smallest absolute Gasteiger partial charge is 0.307 e. The number of ether oxygens (including phenoxy) is 1. The number of nitrogens with zero attached hydrogens (tertiary/aromatic N) is 3. The van der Waals surface area contributed by atoms with Gasteiger partial charge in [-0.2, -0.15) is 0 Å². The number of aryl methyl sites for hydroxylation is 2. The molecule has 4 rings (SSSR count). The molecule has 2 aromatic heterocycles. The third kappa shape index (κ3) is 4.63. The average molecular weight is 403 g/mol. The molecule has 0 aliphatic heterocycles. The fourth-order valence-corrected chi connectivity index (χ4v) is 2.89. The van der Waals surface area contributed by atoms with Crippen molar-refractivity contribution in [1.29, 1.82) is 0 Å². The van der Waals surface area contributed by atoms with Gasteiger partial charge >= 0.3 is 5.97 Å². The van der Waals surface area contributed by atoms with Crippen molar-refractivity contribution in [2.24, 2.45) is 0 Å². The van der Waals surface area contributed by atoms with Crippen molar-refractivity contribution in [2.75, 3.05) is 0 Å². The zero-order valence-electron chi connectivity index (χ0n) is 16.7. The first-order valence-electron chi connectivity index (χ1n) is 9.68. The second-order valence-electron chi connectivity index (χ2n) is 6.93. The first-order valence-corrected chi connectivity index (χ1v) is 9.68. The molecule has 7 heteroatoms. The molecule has 0 aliphatic carbocycles. The van der Waals surface area contributed by atoms with Crippen LogP contribution in [0.15, 0.2) is 69.6 Å². The molecule has 7 nitrogen and oxygen atoms in total. The van der Waals surface area contributed by atoms with E-state index in [9.17, 15) is 4.79 Å². The Labute approximate surface area is 173 Å². The molecule has 0 N–H and O–H groups in total. The van der Waals surface area contributed by atoms with Crippen LogP contribution < -0.4 is 0 Å². The molecule has 4 aromatic rings. The fourth-order valence-electron chi connectivity index (χ4n) is 2.89. The van der Waals surface area contributed by atoms with Crippen LogP contribution >= 0.6 is 0 Å². The first-order chi connectivity index (χ1) is 14.6. The third-order valence-corrected chi connectivity index (χ3v) is 4.55. The van der Waals surface area contributed by atoms with Gasteiger partial charge in [0.1, 0.15) is 0 Å². The van der Waals surface area contributed by atoms with Crippen LogP contribution in [0, 0.1) is 6.92 Å². The molecule has 2 aromatic carbocycles. The summed E-state index contributed by atoms with van der Waals surface area (Å²) in [5, 5.41) is 8.04. The number of oxazole rings is 1. The second kappa shape index (κ2) is 8.73. The minimum absolute atomic E-state index is 0.137. The van der Waals surface area contributed by atoms with E-state index >= 15 is 0 Å². The molecular formula is C23H21N3O4. The maximum atomic E-state index is 12.2. The van der Waals surface area contributed by atoms with Gasteiger partial charge in [-0.15, -0.1) is 10.2 Å². The molecule has 1 atom stereocenters. The predicted molar refractivity (Wildman–Crippen MR) is 109 cm³/mol. The van der Waals surface area contributed by atoms with Crippen LogP contribution in [0.1, 0.15) is 36.8 Å².